The maximum Gasteiger partial charge on any atom is 0.283 e. The Labute approximate surface area is 249 Å². The summed E-state index contributed by atoms with van der Waals surface area (Å²) >= 11 is 6.47. The summed E-state index contributed by atoms with van der Waals surface area (Å²) in [7, 11) is 1.65. The first-order valence-electron chi connectivity index (χ1n) is 14.5. The molecule has 1 aromatic carbocycles. The number of benzene rings is 1. The van der Waals surface area contributed by atoms with E-state index in [2.05, 4.69) is 47.0 Å². The zero-order valence-electron chi connectivity index (χ0n) is 24.9. The van der Waals surface area contributed by atoms with Crippen molar-refractivity contribution >= 4 is 34.1 Å². The second kappa shape index (κ2) is 10.8. The second-order valence-corrected chi connectivity index (χ2v) is 12.4. The average molecular weight is 599 g/mol. The molecule has 2 aliphatic heterocycles. The van der Waals surface area contributed by atoms with Crippen LogP contribution in [0.2, 0.25) is 5.02 Å². The molecule has 4 aromatic rings. The SMILES string of the molecule is CCO[C@@H]1CCN(c2nc(-c3c(C)ccc4[nH]nc(C)c34)nc3c2CN(c2c(Cl)c(C(F)F)nn2C)CC3)CC1(C)C. The lowest BCUT2D eigenvalue weighted by Crippen LogP contribution is -2.50. The van der Waals surface area contributed by atoms with Gasteiger partial charge in [-0.2, -0.15) is 10.2 Å². The summed E-state index contributed by atoms with van der Waals surface area (Å²) in [6.07, 6.45) is -1.11. The van der Waals surface area contributed by atoms with E-state index in [9.17, 15) is 8.78 Å². The molecule has 0 spiro atoms. The lowest BCUT2D eigenvalue weighted by molar-refractivity contribution is -0.0310. The fourth-order valence-corrected chi connectivity index (χ4v) is 7.00. The number of ether oxygens (including phenoxy) is 1. The molecular formula is C30H37ClF2N8O. The van der Waals surface area contributed by atoms with Gasteiger partial charge < -0.3 is 14.5 Å². The van der Waals surface area contributed by atoms with Gasteiger partial charge in [0.25, 0.3) is 6.43 Å². The summed E-state index contributed by atoms with van der Waals surface area (Å²) in [6.45, 7) is 13.8. The predicted octanol–water partition coefficient (Wildman–Crippen LogP) is 6.17. The zero-order valence-corrected chi connectivity index (χ0v) is 25.7. The van der Waals surface area contributed by atoms with Crippen molar-refractivity contribution in [3.63, 3.8) is 0 Å². The Morgan fingerprint density at radius 2 is 1.95 bits per heavy atom. The number of halogens is 3. The van der Waals surface area contributed by atoms with Crippen LogP contribution in [0.25, 0.3) is 22.3 Å². The van der Waals surface area contributed by atoms with Crippen molar-refractivity contribution in [2.24, 2.45) is 12.5 Å². The van der Waals surface area contributed by atoms with Crippen molar-refractivity contribution in [1.82, 2.24) is 29.9 Å². The molecule has 0 bridgehead atoms. The molecule has 1 fully saturated rings. The number of aromatic amines is 1. The molecule has 0 saturated carbocycles. The molecule has 1 saturated heterocycles. The van der Waals surface area contributed by atoms with E-state index in [-0.39, 0.29) is 16.5 Å². The van der Waals surface area contributed by atoms with Crippen LogP contribution >= 0.6 is 11.6 Å². The van der Waals surface area contributed by atoms with Crippen molar-refractivity contribution in [3.05, 3.63) is 45.4 Å². The first-order chi connectivity index (χ1) is 20.0. The molecule has 12 heteroatoms. The van der Waals surface area contributed by atoms with Gasteiger partial charge in [0.05, 0.1) is 23.0 Å². The van der Waals surface area contributed by atoms with Crippen LogP contribution in [-0.4, -0.2) is 62.3 Å². The largest absolute Gasteiger partial charge is 0.378 e. The summed E-state index contributed by atoms with van der Waals surface area (Å²) in [4.78, 5) is 14.8. The Balaban J connectivity index is 1.49. The van der Waals surface area contributed by atoms with Gasteiger partial charge in [-0.1, -0.05) is 31.5 Å². The number of hydrogen-bond donors (Lipinski definition) is 1. The van der Waals surface area contributed by atoms with Crippen molar-refractivity contribution in [2.75, 3.05) is 36.0 Å². The number of nitrogens with one attached hydrogen (secondary N) is 1. The van der Waals surface area contributed by atoms with Crippen LogP contribution in [0.15, 0.2) is 12.1 Å². The number of alkyl halides is 2. The molecular weight excluding hydrogens is 562 g/mol. The monoisotopic (exact) mass is 598 g/mol. The summed E-state index contributed by atoms with van der Waals surface area (Å²) in [6, 6.07) is 4.11. The quantitative estimate of drug-likeness (QED) is 0.284. The van der Waals surface area contributed by atoms with Crippen LogP contribution < -0.4 is 9.80 Å². The zero-order chi connectivity index (χ0) is 29.9. The molecule has 1 N–H and O–H groups in total. The van der Waals surface area contributed by atoms with Crippen molar-refractivity contribution in [2.45, 2.75) is 66.5 Å². The number of hydrogen-bond acceptors (Lipinski definition) is 7. The molecule has 6 rings (SSSR count). The Morgan fingerprint density at radius 1 is 1.17 bits per heavy atom. The first kappa shape index (κ1) is 28.8. The Hall–Kier alpha value is -3.31. The minimum absolute atomic E-state index is 0.00793. The van der Waals surface area contributed by atoms with E-state index in [0.29, 0.717) is 37.8 Å². The van der Waals surface area contributed by atoms with E-state index >= 15 is 0 Å². The third-order valence-corrected chi connectivity index (χ3v) is 9.03. The van der Waals surface area contributed by atoms with Crippen LogP contribution in [0.5, 0.6) is 0 Å². The van der Waals surface area contributed by atoms with Gasteiger partial charge in [-0.3, -0.25) is 9.78 Å². The Bertz CT molecular complexity index is 1650. The van der Waals surface area contributed by atoms with Gasteiger partial charge in [0.15, 0.2) is 5.82 Å². The normalized spacial score (nSPS) is 18.8. The summed E-state index contributed by atoms with van der Waals surface area (Å²) < 4.78 is 34.8. The standard InChI is InChI=1S/C30H37ClF2N8O/c1-7-42-21-11-13-41(15-30(21,4)5)28-18-14-40(29-24(31)25(26(32)33)38-39(29)6)12-10-19(18)34-27(35-28)22-16(2)8-9-20-23(22)17(3)36-37-20/h8-9,21,26H,7,10-15H2,1-6H3,(H,36,37)/t21-/m1/s1. The van der Waals surface area contributed by atoms with Gasteiger partial charge in [-0.05, 0) is 38.8 Å². The molecule has 0 radical (unpaired) electrons. The number of nitrogens with zero attached hydrogens (tertiary/aromatic N) is 7. The van der Waals surface area contributed by atoms with Gasteiger partial charge in [0.1, 0.15) is 22.4 Å². The number of anilines is 2. The molecule has 2 aliphatic rings. The second-order valence-electron chi connectivity index (χ2n) is 12.0. The number of H-pyrrole nitrogens is 1. The Morgan fingerprint density at radius 3 is 2.64 bits per heavy atom. The van der Waals surface area contributed by atoms with Gasteiger partial charge >= 0.3 is 0 Å². The molecule has 9 nitrogen and oxygen atoms in total. The van der Waals surface area contributed by atoms with Crippen LogP contribution in [0.1, 0.15) is 61.8 Å². The molecule has 224 valence electrons. The number of piperidine rings is 1. The van der Waals surface area contributed by atoms with E-state index in [4.69, 9.17) is 26.3 Å². The maximum atomic E-state index is 13.6. The molecule has 5 heterocycles. The van der Waals surface area contributed by atoms with E-state index in [0.717, 1.165) is 64.3 Å². The van der Waals surface area contributed by atoms with Crippen molar-refractivity contribution in [1.29, 1.82) is 0 Å². The van der Waals surface area contributed by atoms with Crippen LogP contribution in [-0.2, 0) is 24.8 Å². The highest BCUT2D eigenvalue weighted by Gasteiger charge is 2.39. The van der Waals surface area contributed by atoms with Gasteiger partial charge in [-0.25, -0.2) is 18.7 Å². The third kappa shape index (κ3) is 4.80. The van der Waals surface area contributed by atoms with E-state index in [1.54, 1.807) is 7.05 Å². The first-order valence-corrected chi connectivity index (χ1v) is 14.8. The summed E-state index contributed by atoms with van der Waals surface area (Å²) in [5.41, 5.74) is 5.34. The van der Waals surface area contributed by atoms with Gasteiger partial charge in [0.2, 0.25) is 0 Å². The van der Waals surface area contributed by atoms with Crippen molar-refractivity contribution < 1.29 is 13.5 Å². The lowest BCUT2D eigenvalue weighted by atomic mass is 9.81. The van der Waals surface area contributed by atoms with E-state index < -0.39 is 12.1 Å². The fraction of sp³-hybridized carbons (Fsp3) is 0.533. The lowest BCUT2D eigenvalue weighted by Gasteiger charge is -2.45. The Kier molecular flexibility index (Phi) is 7.37. The van der Waals surface area contributed by atoms with E-state index in [1.807, 2.05) is 24.8 Å². The molecule has 42 heavy (non-hydrogen) atoms. The highest BCUT2D eigenvalue weighted by Crippen LogP contribution is 2.41. The number of aryl methyl sites for hydroxylation is 3. The minimum Gasteiger partial charge on any atom is -0.378 e. The minimum atomic E-state index is -2.75. The smallest absolute Gasteiger partial charge is 0.283 e. The molecule has 3 aromatic heterocycles. The van der Waals surface area contributed by atoms with E-state index in [1.165, 1.54) is 4.68 Å². The highest BCUT2D eigenvalue weighted by molar-refractivity contribution is 6.33. The fourth-order valence-electron chi connectivity index (χ4n) is 6.63. The summed E-state index contributed by atoms with van der Waals surface area (Å²) in [5.74, 6) is 2.03. The van der Waals surface area contributed by atoms with Crippen LogP contribution in [0.3, 0.4) is 0 Å². The highest BCUT2D eigenvalue weighted by atomic mass is 35.5. The molecule has 0 aliphatic carbocycles. The topological polar surface area (TPSA) is 88.0 Å². The van der Waals surface area contributed by atoms with Crippen LogP contribution in [0.4, 0.5) is 20.4 Å². The van der Waals surface area contributed by atoms with Crippen molar-refractivity contribution in [3.8, 4) is 11.4 Å². The van der Waals surface area contributed by atoms with Gasteiger partial charge in [0, 0.05) is 68.2 Å². The third-order valence-electron chi connectivity index (χ3n) is 8.67. The predicted molar refractivity (Wildman–Crippen MR) is 161 cm³/mol. The number of aromatic nitrogens is 6. The number of rotatable bonds is 6. The maximum absolute atomic E-state index is 13.6. The summed E-state index contributed by atoms with van der Waals surface area (Å²) in [5, 5.41) is 12.6. The average Bonchev–Trinajstić information content (AvgIpc) is 3.47. The van der Waals surface area contributed by atoms with Crippen LogP contribution in [0, 0.1) is 19.3 Å². The molecule has 1 atom stereocenters. The molecule has 0 amide bonds. The van der Waals surface area contributed by atoms with Gasteiger partial charge in [-0.15, -0.1) is 0 Å². The molecule has 0 unspecified atom stereocenters. The number of fused-ring (bicyclic) bond motifs is 2.